The van der Waals surface area contributed by atoms with Gasteiger partial charge in [0.05, 0.1) is 6.10 Å². The summed E-state index contributed by atoms with van der Waals surface area (Å²) in [6.07, 6.45) is 2.66. The van der Waals surface area contributed by atoms with E-state index in [0.717, 1.165) is 11.6 Å². The SMILES string of the molecule is CC(C)Oc1ccc(C=CC(=O)O)c(OCc2ccccc2)c1. The lowest BCUT2D eigenvalue weighted by Gasteiger charge is -2.14. The molecule has 0 amide bonds. The van der Waals surface area contributed by atoms with E-state index in [9.17, 15) is 4.79 Å². The first-order valence-electron chi connectivity index (χ1n) is 7.43. The Hall–Kier alpha value is -2.75. The molecule has 0 radical (unpaired) electrons. The van der Waals surface area contributed by atoms with E-state index in [-0.39, 0.29) is 6.10 Å². The van der Waals surface area contributed by atoms with Crippen molar-refractivity contribution in [2.45, 2.75) is 26.6 Å². The van der Waals surface area contributed by atoms with Crippen molar-refractivity contribution < 1.29 is 19.4 Å². The number of ether oxygens (including phenoxy) is 2. The minimum absolute atomic E-state index is 0.0531. The molecule has 0 saturated heterocycles. The Bertz CT molecular complexity index is 675. The van der Waals surface area contributed by atoms with Gasteiger partial charge in [0.25, 0.3) is 0 Å². The number of carbonyl (C=O) groups is 1. The minimum Gasteiger partial charge on any atom is -0.491 e. The standard InChI is InChI=1S/C19H20O4/c1-14(2)23-17-10-8-16(9-11-19(20)21)18(12-17)22-13-15-6-4-3-5-7-15/h3-12,14H,13H2,1-2H3,(H,20,21). The van der Waals surface area contributed by atoms with Crippen molar-refractivity contribution >= 4 is 12.0 Å². The Morgan fingerprint density at radius 3 is 2.57 bits per heavy atom. The topological polar surface area (TPSA) is 55.8 Å². The summed E-state index contributed by atoms with van der Waals surface area (Å²) in [6.45, 7) is 4.30. The van der Waals surface area contributed by atoms with E-state index in [1.165, 1.54) is 6.08 Å². The summed E-state index contributed by atoms with van der Waals surface area (Å²) in [5.74, 6) is 0.279. The van der Waals surface area contributed by atoms with Gasteiger partial charge in [-0.2, -0.15) is 0 Å². The molecule has 0 saturated carbocycles. The van der Waals surface area contributed by atoms with Crippen LogP contribution in [0.25, 0.3) is 6.08 Å². The van der Waals surface area contributed by atoms with Gasteiger partial charge in [-0.25, -0.2) is 4.79 Å². The van der Waals surface area contributed by atoms with Crippen LogP contribution >= 0.6 is 0 Å². The lowest BCUT2D eigenvalue weighted by Crippen LogP contribution is -2.06. The van der Waals surface area contributed by atoms with E-state index in [4.69, 9.17) is 14.6 Å². The van der Waals surface area contributed by atoms with E-state index < -0.39 is 5.97 Å². The van der Waals surface area contributed by atoms with Crippen molar-refractivity contribution in [3.63, 3.8) is 0 Å². The second-order valence-electron chi connectivity index (χ2n) is 5.31. The highest BCUT2D eigenvalue weighted by Gasteiger charge is 2.06. The van der Waals surface area contributed by atoms with Gasteiger partial charge >= 0.3 is 5.97 Å². The summed E-state index contributed by atoms with van der Waals surface area (Å²) in [6, 6.07) is 15.2. The molecule has 0 bridgehead atoms. The van der Waals surface area contributed by atoms with E-state index in [1.807, 2.05) is 44.2 Å². The van der Waals surface area contributed by atoms with Gasteiger partial charge in [0.15, 0.2) is 0 Å². The molecule has 2 rings (SSSR count). The molecule has 4 heteroatoms. The summed E-state index contributed by atoms with van der Waals surface area (Å²) in [5, 5.41) is 8.79. The van der Waals surface area contributed by atoms with E-state index in [2.05, 4.69) is 0 Å². The lowest BCUT2D eigenvalue weighted by molar-refractivity contribution is -0.131. The van der Waals surface area contributed by atoms with Gasteiger partial charge in [0.2, 0.25) is 0 Å². The molecule has 0 unspecified atom stereocenters. The Kier molecular flexibility index (Phi) is 5.80. The Morgan fingerprint density at radius 1 is 1.17 bits per heavy atom. The number of carboxylic acid groups (broad SMARTS) is 1. The normalized spacial score (nSPS) is 10.9. The average Bonchev–Trinajstić information content (AvgIpc) is 2.52. The van der Waals surface area contributed by atoms with Crippen molar-refractivity contribution in [2.75, 3.05) is 0 Å². The fourth-order valence-corrected chi connectivity index (χ4v) is 2.02. The molecule has 0 fully saturated rings. The Labute approximate surface area is 136 Å². The van der Waals surface area contributed by atoms with Crippen LogP contribution < -0.4 is 9.47 Å². The molecular formula is C19H20O4. The fourth-order valence-electron chi connectivity index (χ4n) is 2.02. The van der Waals surface area contributed by atoms with Gasteiger partial charge in [0.1, 0.15) is 18.1 Å². The molecule has 0 aliphatic rings. The summed E-state index contributed by atoms with van der Waals surface area (Å²) in [4.78, 5) is 10.7. The maximum atomic E-state index is 10.7. The van der Waals surface area contributed by atoms with Crippen molar-refractivity contribution in [1.29, 1.82) is 0 Å². The maximum absolute atomic E-state index is 10.7. The van der Waals surface area contributed by atoms with E-state index in [0.29, 0.717) is 23.7 Å². The number of carboxylic acids is 1. The van der Waals surface area contributed by atoms with Crippen molar-refractivity contribution in [3.05, 3.63) is 65.7 Å². The molecule has 0 aromatic heterocycles. The van der Waals surface area contributed by atoms with Gasteiger partial charge in [0, 0.05) is 17.7 Å². The van der Waals surface area contributed by atoms with Gasteiger partial charge in [-0.1, -0.05) is 30.3 Å². The predicted molar refractivity (Wildman–Crippen MR) is 89.6 cm³/mol. The summed E-state index contributed by atoms with van der Waals surface area (Å²) in [7, 11) is 0. The highest BCUT2D eigenvalue weighted by molar-refractivity contribution is 5.86. The summed E-state index contributed by atoms with van der Waals surface area (Å²) < 4.78 is 11.5. The monoisotopic (exact) mass is 312 g/mol. The van der Waals surface area contributed by atoms with Crippen molar-refractivity contribution in [1.82, 2.24) is 0 Å². The maximum Gasteiger partial charge on any atom is 0.328 e. The van der Waals surface area contributed by atoms with Crippen LogP contribution in [0.15, 0.2) is 54.6 Å². The zero-order chi connectivity index (χ0) is 16.7. The second kappa shape index (κ2) is 8.03. The molecule has 4 nitrogen and oxygen atoms in total. The number of benzene rings is 2. The van der Waals surface area contributed by atoms with Crippen LogP contribution in [0, 0.1) is 0 Å². The minimum atomic E-state index is -0.999. The highest BCUT2D eigenvalue weighted by Crippen LogP contribution is 2.27. The second-order valence-corrected chi connectivity index (χ2v) is 5.31. The molecule has 0 spiro atoms. The molecule has 120 valence electrons. The van der Waals surface area contributed by atoms with Crippen molar-refractivity contribution in [2.24, 2.45) is 0 Å². The molecular weight excluding hydrogens is 292 g/mol. The molecule has 23 heavy (non-hydrogen) atoms. The van der Waals surface area contributed by atoms with Crippen LogP contribution in [0.2, 0.25) is 0 Å². The number of rotatable bonds is 7. The molecule has 0 heterocycles. The van der Waals surface area contributed by atoms with E-state index >= 15 is 0 Å². The van der Waals surface area contributed by atoms with Gasteiger partial charge < -0.3 is 14.6 Å². The molecule has 2 aromatic carbocycles. The van der Waals surface area contributed by atoms with Gasteiger partial charge in [-0.3, -0.25) is 0 Å². The smallest absolute Gasteiger partial charge is 0.328 e. The summed E-state index contributed by atoms with van der Waals surface area (Å²) in [5.41, 5.74) is 1.73. The third-order valence-corrected chi connectivity index (χ3v) is 3.00. The molecule has 0 aliphatic heterocycles. The Balaban J connectivity index is 2.22. The predicted octanol–water partition coefficient (Wildman–Crippen LogP) is 4.15. The number of hydrogen-bond donors (Lipinski definition) is 1. The third-order valence-electron chi connectivity index (χ3n) is 3.00. The first kappa shape index (κ1) is 16.6. The van der Waals surface area contributed by atoms with Gasteiger partial charge in [-0.15, -0.1) is 0 Å². The third kappa shape index (κ3) is 5.51. The first-order chi connectivity index (χ1) is 11.0. The van der Waals surface area contributed by atoms with E-state index in [1.54, 1.807) is 18.2 Å². The zero-order valence-electron chi connectivity index (χ0n) is 13.2. The van der Waals surface area contributed by atoms with Crippen LogP contribution in [0.1, 0.15) is 25.0 Å². The molecule has 0 atom stereocenters. The molecule has 2 aromatic rings. The molecule has 1 N–H and O–H groups in total. The van der Waals surface area contributed by atoms with Crippen LogP contribution in [0.4, 0.5) is 0 Å². The van der Waals surface area contributed by atoms with Crippen LogP contribution in [-0.4, -0.2) is 17.2 Å². The molecule has 0 aliphatic carbocycles. The zero-order valence-corrected chi connectivity index (χ0v) is 13.2. The van der Waals surface area contributed by atoms with Crippen molar-refractivity contribution in [3.8, 4) is 11.5 Å². The fraction of sp³-hybridized carbons (Fsp3) is 0.211. The number of hydrogen-bond acceptors (Lipinski definition) is 3. The highest BCUT2D eigenvalue weighted by atomic mass is 16.5. The average molecular weight is 312 g/mol. The summed E-state index contributed by atoms with van der Waals surface area (Å²) >= 11 is 0. The number of aliphatic carboxylic acids is 1. The Morgan fingerprint density at radius 2 is 1.91 bits per heavy atom. The quantitative estimate of drug-likeness (QED) is 0.780. The van der Waals surface area contributed by atoms with Crippen LogP contribution in [-0.2, 0) is 11.4 Å². The van der Waals surface area contributed by atoms with Crippen LogP contribution in [0.3, 0.4) is 0 Å². The largest absolute Gasteiger partial charge is 0.491 e. The van der Waals surface area contributed by atoms with Crippen LogP contribution in [0.5, 0.6) is 11.5 Å². The lowest BCUT2D eigenvalue weighted by atomic mass is 10.1. The van der Waals surface area contributed by atoms with Gasteiger partial charge in [-0.05, 0) is 37.6 Å². The first-order valence-corrected chi connectivity index (χ1v) is 7.43.